The van der Waals surface area contributed by atoms with Crippen LogP contribution in [-0.4, -0.2) is 29.0 Å². The van der Waals surface area contributed by atoms with Gasteiger partial charge in [0.05, 0.1) is 24.4 Å². The minimum atomic E-state index is -0.989. The molecule has 1 heterocycles. The van der Waals surface area contributed by atoms with Crippen molar-refractivity contribution in [2.75, 3.05) is 12.0 Å². The van der Waals surface area contributed by atoms with Crippen LogP contribution in [0.25, 0.3) is 5.76 Å². The molecule has 32 heavy (non-hydrogen) atoms. The number of hydrogen-bond donors (Lipinski definition) is 2. The zero-order chi connectivity index (χ0) is 23.0. The number of ether oxygens (including phenoxy) is 1. The quantitative estimate of drug-likeness (QED) is 0.360. The third-order valence-corrected chi connectivity index (χ3v) is 5.43. The van der Waals surface area contributed by atoms with E-state index in [4.69, 9.17) is 4.74 Å². The Bertz CT molecular complexity index is 1250. The van der Waals surface area contributed by atoms with Crippen molar-refractivity contribution in [2.45, 2.75) is 13.0 Å². The Morgan fingerprint density at radius 3 is 2.38 bits per heavy atom. The van der Waals surface area contributed by atoms with Gasteiger partial charge in [-0.1, -0.05) is 24.3 Å². The van der Waals surface area contributed by atoms with Gasteiger partial charge in [0.25, 0.3) is 11.7 Å². The number of hydrogen-bond acceptors (Lipinski definition) is 5. The van der Waals surface area contributed by atoms with Gasteiger partial charge in [0.2, 0.25) is 0 Å². The van der Waals surface area contributed by atoms with Crippen molar-refractivity contribution in [1.29, 1.82) is 0 Å². The Kier molecular flexibility index (Phi) is 5.40. The van der Waals surface area contributed by atoms with E-state index in [9.17, 15) is 24.2 Å². The number of aliphatic hydroxyl groups excluding tert-OH is 1. The van der Waals surface area contributed by atoms with Crippen molar-refractivity contribution in [2.24, 2.45) is 0 Å². The van der Waals surface area contributed by atoms with Crippen LogP contribution in [0.15, 0.2) is 72.3 Å². The molecule has 1 amide bonds. The predicted octanol–water partition coefficient (Wildman–Crippen LogP) is 4.47. The van der Waals surface area contributed by atoms with E-state index in [2.05, 4.69) is 0 Å². The lowest BCUT2D eigenvalue weighted by Gasteiger charge is -2.26. The molecule has 0 aliphatic carbocycles. The van der Waals surface area contributed by atoms with Gasteiger partial charge in [-0.2, -0.15) is 0 Å². The maximum absolute atomic E-state index is 13.8. The number of para-hydroxylation sites is 2. The monoisotopic (exact) mass is 433 g/mol. The topological polar surface area (TPSA) is 87.1 Å². The van der Waals surface area contributed by atoms with Crippen LogP contribution in [0.3, 0.4) is 0 Å². The van der Waals surface area contributed by atoms with Crippen molar-refractivity contribution in [3.63, 3.8) is 0 Å². The van der Waals surface area contributed by atoms with Crippen LogP contribution >= 0.6 is 0 Å². The van der Waals surface area contributed by atoms with Crippen molar-refractivity contribution in [3.05, 3.63) is 94.8 Å². The number of aliphatic hydroxyl groups is 1. The number of carbonyl (C=O) groups is 2. The molecule has 2 N–H and O–H groups in total. The molecule has 4 rings (SSSR count). The van der Waals surface area contributed by atoms with Crippen LogP contribution in [0.4, 0.5) is 10.1 Å². The molecule has 162 valence electrons. The zero-order valence-corrected chi connectivity index (χ0v) is 17.4. The van der Waals surface area contributed by atoms with E-state index in [1.807, 2.05) is 0 Å². The summed E-state index contributed by atoms with van der Waals surface area (Å²) in [5, 5.41) is 20.8. The van der Waals surface area contributed by atoms with Gasteiger partial charge in [0.15, 0.2) is 0 Å². The third-order valence-electron chi connectivity index (χ3n) is 5.43. The van der Waals surface area contributed by atoms with E-state index in [1.54, 1.807) is 36.4 Å². The van der Waals surface area contributed by atoms with E-state index < -0.39 is 29.3 Å². The van der Waals surface area contributed by atoms with Crippen molar-refractivity contribution in [1.82, 2.24) is 0 Å². The number of anilines is 1. The molecule has 1 aliphatic rings. The summed E-state index contributed by atoms with van der Waals surface area (Å²) in [6.45, 7) is 1.54. The first-order chi connectivity index (χ1) is 15.3. The largest absolute Gasteiger partial charge is 0.508 e. The highest BCUT2D eigenvalue weighted by Crippen LogP contribution is 2.45. The highest BCUT2D eigenvalue weighted by Gasteiger charge is 2.47. The number of aryl methyl sites for hydroxylation is 1. The molecule has 1 aliphatic heterocycles. The second kappa shape index (κ2) is 8.19. The molecule has 1 saturated heterocycles. The number of aromatic hydroxyl groups is 1. The molecule has 6 nitrogen and oxygen atoms in total. The second-order valence-electron chi connectivity index (χ2n) is 7.40. The number of phenolic OH excluding ortho intramolecular Hbond substituents is 1. The normalized spacial score (nSPS) is 17.6. The molecule has 1 unspecified atom stereocenters. The number of benzene rings is 3. The first-order valence-electron chi connectivity index (χ1n) is 9.83. The van der Waals surface area contributed by atoms with Crippen LogP contribution in [0, 0.1) is 12.7 Å². The lowest BCUT2D eigenvalue weighted by atomic mass is 9.94. The number of phenols is 1. The van der Waals surface area contributed by atoms with E-state index >= 15 is 0 Å². The Balaban J connectivity index is 1.98. The first kappa shape index (κ1) is 21.1. The summed E-state index contributed by atoms with van der Waals surface area (Å²) < 4.78 is 19.1. The summed E-state index contributed by atoms with van der Waals surface area (Å²) >= 11 is 0. The molecule has 3 aromatic rings. The van der Waals surface area contributed by atoms with Gasteiger partial charge in [-0.05, 0) is 60.5 Å². The summed E-state index contributed by atoms with van der Waals surface area (Å²) in [7, 11) is 1.45. The standard InChI is InChI=1S/C25H20FNO5/c1-14-13-16(9-12-18(14)26)23(29)21-22(15-7-10-17(28)11-8-15)27(25(31)24(21)30)19-5-3-4-6-20(19)32-2/h3-13,22,28-29H,1-2H3/b23-21-. The molecule has 0 spiro atoms. The third kappa shape index (κ3) is 3.47. The van der Waals surface area contributed by atoms with Gasteiger partial charge in [-0.3, -0.25) is 14.5 Å². The number of ketones is 1. The van der Waals surface area contributed by atoms with Crippen LogP contribution in [0.1, 0.15) is 22.7 Å². The number of carbonyl (C=O) groups excluding carboxylic acids is 2. The number of methoxy groups -OCH3 is 1. The smallest absolute Gasteiger partial charge is 0.300 e. The first-order valence-corrected chi connectivity index (χ1v) is 9.83. The van der Waals surface area contributed by atoms with Crippen LogP contribution in [0.5, 0.6) is 11.5 Å². The molecule has 0 saturated carbocycles. The number of nitrogens with zero attached hydrogens (tertiary/aromatic N) is 1. The molecule has 1 atom stereocenters. The van der Waals surface area contributed by atoms with Gasteiger partial charge < -0.3 is 14.9 Å². The van der Waals surface area contributed by atoms with Gasteiger partial charge >= 0.3 is 0 Å². The van der Waals surface area contributed by atoms with Crippen molar-refractivity contribution < 1.29 is 28.9 Å². The summed E-state index contributed by atoms with van der Waals surface area (Å²) in [5.74, 6) is -2.21. The average Bonchev–Trinajstić information content (AvgIpc) is 3.06. The number of rotatable bonds is 4. The minimum Gasteiger partial charge on any atom is -0.508 e. The molecular formula is C25H20FNO5. The van der Waals surface area contributed by atoms with Gasteiger partial charge in [0, 0.05) is 5.56 Å². The van der Waals surface area contributed by atoms with Gasteiger partial charge in [-0.15, -0.1) is 0 Å². The minimum absolute atomic E-state index is 0.0113. The van der Waals surface area contributed by atoms with E-state index in [0.29, 0.717) is 17.0 Å². The average molecular weight is 433 g/mol. The van der Waals surface area contributed by atoms with Crippen LogP contribution in [-0.2, 0) is 9.59 Å². The van der Waals surface area contributed by atoms with E-state index in [0.717, 1.165) is 0 Å². The SMILES string of the molecule is COc1ccccc1N1C(=O)C(=O)/C(=C(\O)c2ccc(F)c(C)c2)C1c1ccc(O)cc1. The fourth-order valence-electron chi connectivity index (χ4n) is 3.83. The maximum atomic E-state index is 13.8. The van der Waals surface area contributed by atoms with Gasteiger partial charge in [0.1, 0.15) is 23.1 Å². The number of amides is 1. The van der Waals surface area contributed by atoms with E-state index in [-0.39, 0.29) is 22.4 Å². The fourth-order valence-corrected chi connectivity index (χ4v) is 3.83. The lowest BCUT2D eigenvalue weighted by molar-refractivity contribution is -0.132. The molecule has 0 bridgehead atoms. The molecular weight excluding hydrogens is 413 g/mol. The Hall–Kier alpha value is -4.13. The van der Waals surface area contributed by atoms with Crippen LogP contribution in [0.2, 0.25) is 0 Å². The fraction of sp³-hybridized carbons (Fsp3) is 0.120. The Morgan fingerprint density at radius 2 is 1.72 bits per heavy atom. The van der Waals surface area contributed by atoms with E-state index in [1.165, 1.54) is 49.3 Å². The predicted molar refractivity (Wildman–Crippen MR) is 117 cm³/mol. The number of Topliss-reactive ketones (excluding diaryl/α,β-unsaturated/α-hetero) is 1. The lowest BCUT2D eigenvalue weighted by Crippen LogP contribution is -2.29. The number of halogens is 1. The maximum Gasteiger partial charge on any atom is 0.300 e. The summed E-state index contributed by atoms with van der Waals surface area (Å²) in [4.78, 5) is 27.6. The Morgan fingerprint density at radius 1 is 1.03 bits per heavy atom. The molecule has 3 aromatic carbocycles. The molecule has 0 aromatic heterocycles. The zero-order valence-electron chi connectivity index (χ0n) is 17.4. The Labute approximate surface area is 183 Å². The highest BCUT2D eigenvalue weighted by atomic mass is 19.1. The van der Waals surface area contributed by atoms with Crippen molar-refractivity contribution in [3.8, 4) is 11.5 Å². The highest BCUT2D eigenvalue weighted by molar-refractivity contribution is 6.51. The van der Waals surface area contributed by atoms with Gasteiger partial charge in [-0.25, -0.2) is 4.39 Å². The summed E-state index contributed by atoms with van der Waals surface area (Å²) in [6, 6.07) is 15.7. The molecule has 7 heteroatoms. The van der Waals surface area contributed by atoms with Crippen molar-refractivity contribution >= 4 is 23.1 Å². The molecule has 0 radical (unpaired) electrons. The summed E-state index contributed by atoms with van der Waals surface area (Å²) in [6.07, 6.45) is 0. The summed E-state index contributed by atoms with van der Waals surface area (Å²) in [5.41, 5.74) is 1.20. The van der Waals surface area contributed by atoms with Crippen LogP contribution < -0.4 is 9.64 Å². The second-order valence-corrected chi connectivity index (χ2v) is 7.40. The molecule has 1 fully saturated rings.